The first kappa shape index (κ1) is 12.8. The van der Waals surface area contributed by atoms with E-state index in [9.17, 15) is 0 Å². The van der Waals surface area contributed by atoms with Gasteiger partial charge in [0.1, 0.15) is 5.76 Å². The van der Waals surface area contributed by atoms with Crippen molar-refractivity contribution >= 4 is 0 Å². The van der Waals surface area contributed by atoms with Crippen LogP contribution in [0.1, 0.15) is 44.2 Å². The molecule has 5 nitrogen and oxygen atoms in total. The first-order chi connectivity index (χ1) is 8.70. The van der Waals surface area contributed by atoms with Crippen LogP contribution in [0, 0.1) is 0 Å². The van der Waals surface area contributed by atoms with Gasteiger partial charge >= 0.3 is 0 Å². The van der Waals surface area contributed by atoms with E-state index in [0.29, 0.717) is 12.6 Å². The molecule has 0 unspecified atom stereocenters. The minimum absolute atomic E-state index is 0.428. The molecule has 0 aliphatic carbocycles. The van der Waals surface area contributed by atoms with E-state index in [1.807, 2.05) is 12.5 Å². The van der Waals surface area contributed by atoms with Gasteiger partial charge in [0, 0.05) is 25.2 Å². The molecule has 0 saturated carbocycles. The van der Waals surface area contributed by atoms with E-state index in [-0.39, 0.29) is 0 Å². The number of aryl methyl sites for hydroxylation is 1. The second-order valence-corrected chi connectivity index (χ2v) is 4.56. The van der Waals surface area contributed by atoms with Crippen LogP contribution in [0.4, 0.5) is 0 Å². The van der Waals surface area contributed by atoms with E-state index in [2.05, 4.69) is 40.6 Å². The third-order valence-electron chi connectivity index (χ3n) is 2.83. The van der Waals surface area contributed by atoms with Crippen molar-refractivity contribution in [3.05, 3.63) is 36.1 Å². The molecule has 0 bridgehead atoms. The lowest BCUT2D eigenvalue weighted by atomic mass is 10.3. The molecule has 1 N–H and O–H groups in total. The number of nitrogens with zero attached hydrogens (tertiary/aromatic N) is 3. The lowest BCUT2D eigenvalue weighted by molar-refractivity contribution is 0.435. The molecular weight excluding hydrogens is 228 g/mol. The fraction of sp³-hybridized carbons (Fsp3) is 0.538. The summed E-state index contributed by atoms with van der Waals surface area (Å²) >= 11 is 0. The SMILES string of the molecule is CCc1cnc(CNCc2cncn2C(C)C)o1. The summed E-state index contributed by atoms with van der Waals surface area (Å²) in [4.78, 5) is 8.38. The Kier molecular flexibility index (Phi) is 4.15. The molecule has 0 saturated heterocycles. The normalized spacial score (nSPS) is 11.3. The molecule has 0 aromatic carbocycles. The number of nitrogens with one attached hydrogen (secondary N) is 1. The van der Waals surface area contributed by atoms with Gasteiger partial charge in [0.15, 0.2) is 0 Å². The van der Waals surface area contributed by atoms with Crippen molar-refractivity contribution in [2.75, 3.05) is 0 Å². The van der Waals surface area contributed by atoms with Gasteiger partial charge in [-0.05, 0) is 13.8 Å². The fourth-order valence-corrected chi connectivity index (χ4v) is 1.82. The number of oxazole rings is 1. The number of aromatic nitrogens is 3. The molecule has 2 heterocycles. The monoisotopic (exact) mass is 248 g/mol. The Hall–Kier alpha value is -1.62. The second-order valence-electron chi connectivity index (χ2n) is 4.56. The van der Waals surface area contributed by atoms with Crippen LogP contribution in [-0.2, 0) is 19.5 Å². The van der Waals surface area contributed by atoms with Crippen LogP contribution in [0.25, 0.3) is 0 Å². The van der Waals surface area contributed by atoms with Crippen LogP contribution < -0.4 is 5.32 Å². The van der Waals surface area contributed by atoms with Crippen molar-refractivity contribution < 1.29 is 4.42 Å². The Balaban J connectivity index is 1.86. The summed E-state index contributed by atoms with van der Waals surface area (Å²) < 4.78 is 7.69. The average molecular weight is 248 g/mol. The highest BCUT2D eigenvalue weighted by Gasteiger charge is 2.06. The van der Waals surface area contributed by atoms with Gasteiger partial charge in [-0.3, -0.25) is 0 Å². The van der Waals surface area contributed by atoms with Crippen molar-refractivity contribution in [3.63, 3.8) is 0 Å². The number of hydrogen-bond donors (Lipinski definition) is 1. The molecule has 18 heavy (non-hydrogen) atoms. The maximum absolute atomic E-state index is 5.53. The third kappa shape index (κ3) is 2.98. The van der Waals surface area contributed by atoms with Crippen molar-refractivity contribution in [1.82, 2.24) is 19.9 Å². The highest BCUT2D eigenvalue weighted by molar-refractivity contribution is 5.00. The number of hydrogen-bond acceptors (Lipinski definition) is 4. The van der Waals surface area contributed by atoms with E-state index in [1.54, 1.807) is 6.20 Å². The Morgan fingerprint density at radius 1 is 1.33 bits per heavy atom. The molecule has 2 rings (SSSR count). The van der Waals surface area contributed by atoms with E-state index in [0.717, 1.165) is 24.6 Å². The largest absolute Gasteiger partial charge is 0.444 e. The van der Waals surface area contributed by atoms with Crippen LogP contribution in [0.15, 0.2) is 23.1 Å². The van der Waals surface area contributed by atoms with E-state index >= 15 is 0 Å². The van der Waals surface area contributed by atoms with Crippen LogP contribution in [0.2, 0.25) is 0 Å². The minimum atomic E-state index is 0.428. The van der Waals surface area contributed by atoms with Crippen LogP contribution in [0.5, 0.6) is 0 Å². The standard InChI is InChI=1S/C13H20N4O/c1-4-12-7-16-13(18-12)8-14-5-11-6-15-9-17(11)10(2)3/h6-7,9-10,14H,4-5,8H2,1-3H3. The van der Waals surface area contributed by atoms with Crippen molar-refractivity contribution in [2.24, 2.45) is 0 Å². The molecule has 0 aliphatic rings. The molecule has 2 aromatic heterocycles. The number of rotatable bonds is 6. The topological polar surface area (TPSA) is 55.9 Å². The molecule has 0 aliphatic heterocycles. The average Bonchev–Trinajstić information content (AvgIpc) is 2.97. The van der Waals surface area contributed by atoms with Gasteiger partial charge in [0.2, 0.25) is 5.89 Å². The first-order valence-corrected chi connectivity index (χ1v) is 6.35. The van der Waals surface area contributed by atoms with E-state index < -0.39 is 0 Å². The zero-order valence-electron chi connectivity index (χ0n) is 11.2. The molecule has 0 amide bonds. The third-order valence-corrected chi connectivity index (χ3v) is 2.83. The van der Waals surface area contributed by atoms with Gasteiger partial charge in [0.05, 0.1) is 24.8 Å². The first-order valence-electron chi connectivity index (χ1n) is 6.35. The molecule has 0 radical (unpaired) electrons. The molecule has 0 spiro atoms. The van der Waals surface area contributed by atoms with Gasteiger partial charge in [0.25, 0.3) is 0 Å². The van der Waals surface area contributed by atoms with Crippen molar-refractivity contribution in [2.45, 2.75) is 46.3 Å². The van der Waals surface area contributed by atoms with Crippen LogP contribution in [-0.4, -0.2) is 14.5 Å². The fourth-order valence-electron chi connectivity index (χ4n) is 1.82. The van der Waals surface area contributed by atoms with Gasteiger partial charge in [-0.1, -0.05) is 6.92 Å². The molecular formula is C13H20N4O. The van der Waals surface area contributed by atoms with Gasteiger partial charge in [-0.25, -0.2) is 9.97 Å². The Labute approximate surface area is 107 Å². The predicted octanol–water partition coefficient (Wildman–Crippen LogP) is 2.30. The smallest absolute Gasteiger partial charge is 0.208 e. The highest BCUT2D eigenvalue weighted by Crippen LogP contribution is 2.09. The molecule has 5 heteroatoms. The lowest BCUT2D eigenvalue weighted by Crippen LogP contribution is -2.16. The van der Waals surface area contributed by atoms with Crippen LogP contribution in [0.3, 0.4) is 0 Å². The molecule has 0 atom stereocenters. The minimum Gasteiger partial charge on any atom is -0.444 e. The van der Waals surface area contributed by atoms with Gasteiger partial charge in [-0.2, -0.15) is 0 Å². The Bertz CT molecular complexity index is 487. The molecule has 2 aromatic rings. The Morgan fingerprint density at radius 3 is 2.83 bits per heavy atom. The van der Waals surface area contributed by atoms with E-state index in [4.69, 9.17) is 4.42 Å². The summed E-state index contributed by atoms with van der Waals surface area (Å²) in [6.07, 6.45) is 6.42. The molecule has 98 valence electrons. The van der Waals surface area contributed by atoms with Gasteiger partial charge in [-0.15, -0.1) is 0 Å². The maximum atomic E-state index is 5.53. The van der Waals surface area contributed by atoms with E-state index in [1.165, 1.54) is 5.69 Å². The summed E-state index contributed by atoms with van der Waals surface area (Å²) in [5, 5.41) is 3.32. The zero-order valence-corrected chi connectivity index (χ0v) is 11.2. The van der Waals surface area contributed by atoms with Crippen molar-refractivity contribution in [3.8, 4) is 0 Å². The highest BCUT2D eigenvalue weighted by atomic mass is 16.4. The summed E-state index contributed by atoms with van der Waals surface area (Å²) in [5.41, 5.74) is 1.17. The second kappa shape index (κ2) is 5.82. The summed E-state index contributed by atoms with van der Waals surface area (Å²) in [6.45, 7) is 7.75. The zero-order chi connectivity index (χ0) is 13.0. The summed E-state index contributed by atoms with van der Waals surface area (Å²) in [6, 6.07) is 0.428. The van der Waals surface area contributed by atoms with Crippen molar-refractivity contribution in [1.29, 1.82) is 0 Å². The maximum Gasteiger partial charge on any atom is 0.208 e. The summed E-state index contributed by atoms with van der Waals surface area (Å²) in [7, 11) is 0. The Morgan fingerprint density at radius 2 is 2.17 bits per heavy atom. The van der Waals surface area contributed by atoms with Crippen LogP contribution >= 0.6 is 0 Å². The molecule has 0 fully saturated rings. The van der Waals surface area contributed by atoms with Gasteiger partial charge < -0.3 is 14.3 Å². The number of imidazole rings is 1. The lowest BCUT2D eigenvalue weighted by Gasteiger charge is -2.11. The summed E-state index contributed by atoms with van der Waals surface area (Å²) in [5.74, 6) is 1.67. The quantitative estimate of drug-likeness (QED) is 0.852. The predicted molar refractivity (Wildman–Crippen MR) is 69.0 cm³/mol.